The molecule has 1 aliphatic heterocycles. The van der Waals surface area contributed by atoms with Crippen molar-refractivity contribution in [3.8, 4) is 12.3 Å². The molecule has 3 aromatic rings. The van der Waals surface area contributed by atoms with Gasteiger partial charge in [0.05, 0.1) is 33.5 Å². The van der Waals surface area contributed by atoms with Gasteiger partial charge in [-0.25, -0.2) is 13.8 Å². The Balaban J connectivity index is 1.39. The molecule has 226 valence electrons. The van der Waals surface area contributed by atoms with E-state index in [1.165, 1.54) is 11.1 Å². The second kappa shape index (κ2) is 10.2. The van der Waals surface area contributed by atoms with E-state index in [0.717, 1.165) is 17.6 Å². The Labute approximate surface area is 254 Å². The summed E-state index contributed by atoms with van der Waals surface area (Å²) in [7, 11) is 0. The quantitative estimate of drug-likeness (QED) is 0.155. The van der Waals surface area contributed by atoms with Crippen LogP contribution in [0.1, 0.15) is 63.4 Å². The van der Waals surface area contributed by atoms with Crippen molar-refractivity contribution >= 4 is 33.9 Å². The molecule has 6 rings (SSSR count). The predicted molar refractivity (Wildman–Crippen MR) is 164 cm³/mol. The van der Waals surface area contributed by atoms with Gasteiger partial charge < -0.3 is 16.1 Å². The molecule has 1 aromatic carbocycles. The summed E-state index contributed by atoms with van der Waals surface area (Å²) in [5.41, 5.74) is 9.32. The number of nitrogens with zero attached hydrogens (tertiary/aromatic N) is 3. The van der Waals surface area contributed by atoms with E-state index in [2.05, 4.69) is 65.2 Å². The van der Waals surface area contributed by atoms with Crippen LogP contribution >= 0.6 is 11.6 Å². The lowest BCUT2D eigenvalue weighted by molar-refractivity contribution is 0.00911. The van der Waals surface area contributed by atoms with Crippen molar-refractivity contribution in [3.63, 3.8) is 0 Å². The van der Waals surface area contributed by atoms with Crippen LogP contribution in [0.25, 0.3) is 10.9 Å². The van der Waals surface area contributed by atoms with Crippen LogP contribution in [-0.2, 0) is 0 Å². The van der Waals surface area contributed by atoms with Crippen LogP contribution in [0, 0.1) is 42.0 Å². The van der Waals surface area contributed by atoms with Gasteiger partial charge in [0, 0.05) is 41.3 Å². The number of aromatic nitrogens is 2. The molecule has 1 atom stereocenters. The molecule has 4 N–H and O–H groups in total. The number of aryl methyl sites for hydroxylation is 1. The third-order valence-electron chi connectivity index (χ3n) is 10.1. The minimum absolute atomic E-state index is 0.186. The van der Waals surface area contributed by atoms with Crippen LogP contribution in [0.5, 0.6) is 0 Å². The minimum atomic E-state index is -2.52. The topological polar surface area (TPSA) is 77.1 Å². The Morgan fingerprint density at radius 2 is 1.91 bits per heavy atom. The number of hydrogen-bond acceptors (Lipinski definition) is 7. The van der Waals surface area contributed by atoms with Gasteiger partial charge in [0.25, 0.3) is 6.43 Å². The van der Waals surface area contributed by atoms with E-state index < -0.39 is 24.0 Å². The molecule has 3 heterocycles. The summed E-state index contributed by atoms with van der Waals surface area (Å²) >= 11 is 6.78. The summed E-state index contributed by atoms with van der Waals surface area (Å²) in [6.45, 7) is 11.5. The molecule has 0 amide bonds. The maximum absolute atomic E-state index is 14.0. The summed E-state index contributed by atoms with van der Waals surface area (Å²) in [6.07, 6.45) is 7.39. The van der Waals surface area contributed by atoms with Crippen molar-refractivity contribution in [3.05, 3.63) is 70.2 Å². The van der Waals surface area contributed by atoms with Gasteiger partial charge in [-0.2, -0.15) is 4.39 Å². The zero-order chi connectivity index (χ0) is 30.9. The second-order valence-corrected chi connectivity index (χ2v) is 13.3. The number of halogens is 4. The molecule has 11 heteroatoms. The first-order valence-corrected chi connectivity index (χ1v) is 14.7. The van der Waals surface area contributed by atoms with Gasteiger partial charge >= 0.3 is 0 Å². The van der Waals surface area contributed by atoms with E-state index in [1.807, 2.05) is 6.07 Å². The fourth-order valence-electron chi connectivity index (χ4n) is 6.43. The lowest BCUT2D eigenvalue weighted by Gasteiger charge is -2.25. The van der Waals surface area contributed by atoms with E-state index in [1.54, 1.807) is 31.5 Å². The number of nitrogens with one attached hydrogen (secondary N) is 4. The maximum Gasteiger partial charge on any atom is 0.262 e. The molecular formula is C32H35ClF3N7. The van der Waals surface area contributed by atoms with Gasteiger partial charge in [0.2, 0.25) is 5.95 Å². The first-order valence-electron chi connectivity index (χ1n) is 14.3. The number of anilines is 2. The largest absolute Gasteiger partial charge is 0.383 e. The number of hydrazine groups is 2. The SMILES string of the molecule is C#Cc1cnc2c(Cl)cc(N[C@H](C3=CN(C4(C(F)F)CC4)NN3)c3ccc(F)nc3C)cc2c1NCC1C(C)(C)C1(C)C. The number of pyridine rings is 2. The summed E-state index contributed by atoms with van der Waals surface area (Å²) in [5.74, 6) is 2.58. The Hall–Kier alpha value is -3.68. The van der Waals surface area contributed by atoms with Gasteiger partial charge in [-0.05, 0) is 54.7 Å². The average Bonchev–Trinajstić information content (AvgIpc) is 3.73. The van der Waals surface area contributed by atoms with E-state index in [9.17, 15) is 13.2 Å². The maximum atomic E-state index is 14.0. The van der Waals surface area contributed by atoms with Crippen molar-refractivity contribution in [2.75, 3.05) is 17.2 Å². The smallest absolute Gasteiger partial charge is 0.262 e. The highest BCUT2D eigenvalue weighted by Crippen LogP contribution is 2.68. The molecule has 0 radical (unpaired) electrons. The molecule has 0 spiro atoms. The average molecular weight is 610 g/mol. The number of hydrogen-bond donors (Lipinski definition) is 4. The first-order chi connectivity index (χ1) is 20.3. The van der Waals surface area contributed by atoms with Gasteiger partial charge in [-0.3, -0.25) is 9.99 Å². The third kappa shape index (κ3) is 4.83. The van der Waals surface area contributed by atoms with Gasteiger partial charge in [-0.1, -0.05) is 51.3 Å². The number of benzene rings is 1. The van der Waals surface area contributed by atoms with Crippen LogP contribution in [-0.4, -0.2) is 33.5 Å². The fraction of sp³-hybridized carbons (Fsp3) is 0.438. The lowest BCUT2D eigenvalue weighted by atomic mass is 10.0. The number of rotatable bonds is 9. The lowest BCUT2D eigenvalue weighted by Crippen LogP contribution is -2.48. The zero-order valence-electron chi connectivity index (χ0n) is 24.7. The summed E-state index contributed by atoms with van der Waals surface area (Å²) in [6, 6.07) is 5.97. The fourth-order valence-corrected chi connectivity index (χ4v) is 6.70. The van der Waals surface area contributed by atoms with Crippen molar-refractivity contribution in [2.24, 2.45) is 16.7 Å². The summed E-state index contributed by atoms with van der Waals surface area (Å²) < 4.78 is 41.8. The molecule has 0 unspecified atom stereocenters. The minimum Gasteiger partial charge on any atom is -0.383 e. The highest BCUT2D eigenvalue weighted by atomic mass is 35.5. The monoisotopic (exact) mass is 609 g/mol. The second-order valence-electron chi connectivity index (χ2n) is 12.9. The van der Waals surface area contributed by atoms with Crippen LogP contribution in [0.15, 0.2) is 42.4 Å². The molecule has 0 saturated heterocycles. The molecule has 2 saturated carbocycles. The molecule has 2 aliphatic carbocycles. The number of fused-ring (bicyclic) bond motifs is 1. The number of terminal acetylenes is 1. The van der Waals surface area contributed by atoms with Crippen molar-refractivity contribution < 1.29 is 13.2 Å². The van der Waals surface area contributed by atoms with Gasteiger partial charge in [-0.15, -0.1) is 12.0 Å². The van der Waals surface area contributed by atoms with E-state index >= 15 is 0 Å². The molecule has 0 bridgehead atoms. The van der Waals surface area contributed by atoms with E-state index in [-0.39, 0.29) is 10.8 Å². The summed E-state index contributed by atoms with van der Waals surface area (Å²) in [4.78, 5) is 8.55. The molecule has 2 aromatic heterocycles. The third-order valence-corrected chi connectivity index (χ3v) is 10.4. The molecule has 43 heavy (non-hydrogen) atoms. The molecule has 3 aliphatic rings. The molecular weight excluding hydrogens is 575 g/mol. The Bertz CT molecular complexity index is 1660. The van der Waals surface area contributed by atoms with Crippen molar-refractivity contribution in [1.82, 2.24) is 25.9 Å². The van der Waals surface area contributed by atoms with Crippen LogP contribution in [0.3, 0.4) is 0 Å². The zero-order valence-corrected chi connectivity index (χ0v) is 25.5. The normalized spacial score (nSPS) is 20.4. The van der Waals surface area contributed by atoms with Crippen LogP contribution in [0.4, 0.5) is 24.5 Å². The predicted octanol–water partition coefficient (Wildman–Crippen LogP) is 6.92. The number of alkyl halides is 2. The Morgan fingerprint density at radius 3 is 2.51 bits per heavy atom. The van der Waals surface area contributed by atoms with E-state index in [0.29, 0.717) is 57.5 Å². The molecule has 7 nitrogen and oxygen atoms in total. The molecule has 2 fully saturated rings. The summed E-state index contributed by atoms with van der Waals surface area (Å²) in [5, 5.41) is 9.66. The van der Waals surface area contributed by atoms with Crippen molar-refractivity contribution in [1.29, 1.82) is 0 Å². The highest BCUT2D eigenvalue weighted by molar-refractivity contribution is 6.35. The Kier molecular flexibility index (Phi) is 6.98. The Morgan fingerprint density at radius 1 is 1.19 bits per heavy atom. The van der Waals surface area contributed by atoms with Gasteiger partial charge in [0.1, 0.15) is 5.54 Å². The van der Waals surface area contributed by atoms with Crippen LogP contribution < -0.4 is 21.6 Å². The van der Waals surface area contributed by atoms with E-state index in [4.69, 9.17) is 18.0 Å². The highest BCUT2D eigenvalue weighted by Gasteiger charge is 2.64. The van der Waals surface area contributed by atoms with Gasteiger partial charge in [0.15, 0.2) is 0 Å². The first kappa shape index (κ1) is 29.4. The standard InChI is InChI=1S/C32H35ClF3N7/c1-7-18-14-37-27-21(26(18)38-15-24-30(3,4)31(24,5)6)12-19(13-22(27)33)40-28(20-8-9-25(34)39-17(20)2)23-16-43(42-41-23)32(10-11-32)29(35)36/h1,8-9,12-14,16,24,28-29,40-42H,10-11,15H2,2-6H3,(H,37,38)/t28-/m0/s1. The van der Waals surface area contributed by atoms with Crippen LogP contribution in [0.2, 0.25) is 5.02 Å². The van der Waals surface area contributed by atoms with Crippen molar-refractivity contribution in [2.45, 2.75) is 65.5 Å².